The van der Waals surface area contributed by atoms with E-state index in [2.05, 4.69) is 21.3 Å². The first-order chi connectivity index (χ1) is 26.6. The minimum Gasteiger partial charge on any atom is -0.460 e. The molecule has 56 heavy (non-hydrogen) atoms. The van der Waals surface area contributed by atoms with Crippen molar-refractivity contribution in [3.05, 3.63) is 42.0 Å². The van der Waals surface area contributed by atoms with E-state index in [0.29, 0.717) is 45.1 Å². The number of rotatable bonds is 28. The molecule has 6 amide bonds. The average molecular weight is 790 g/mol. The molecule has 4 N–H and O–H groups in total. The zero-order chi connectivity index (χ0) is 41.5. The average Bonchev–Trinajstić information content (AvgIpc) is 3.49. The van der Waals surface area contributed by atoms with E-state index in [9.17, 15) is 33.6 Å². The highest BCUT2D eigenvalue weighted by Crippen LogP contribution is 2.22. The molecule has 2 atom stereocenters. The van der Waals surface area contributed by atoms with Gasteiger partial charge in [-0.3, -0.25) is 38.5 Å². The fourth-order valence-electron chi connectivity index (χ4n) is 4.72. The topological polar surface area (TPSA) is 217 Å². The van der Waals surface area contributed by atoms with E-state index in [-0.39, 0.29) is 76.1 Å². The molecule has 1 aromatic rings. The van der Waals surface area contributed by atoms with E-state index in [4.69, 9.17) is 23.7 Å². The normalized spacial score (nSPS) is 13.7. The molecule has 312 valence electrons. The number of imide groups is 1. The van der Waals surface area contributed by atoms with Gasteiger partial charge in [-0.05, 0) is 50.8 Å². The first kappa shape index (κ1) is 47.4. The highest BCUT2D eigenvalue weighted by molar-refractivity contribution is 6.13. The molecule has 0 radical (unpaired) electrons. The van der Waals surface area contributed by atoms with Gasteiger partial charge in [-0.15, -0.1) is 0 Å². The molecule has 17 nitrogen and oxygen atoms in total. The molecule has 0 aliphatic carbocycles. The summed E-state index contributed by atoms with van der Waals surface area (Å²) in [5.41, 5.74) is 0.717. The monoisotopic (exact) mass is 789 g/mol. The van der Waals surface area contributed by atoms with Crippen molar-refractivity contribution in [3.8, 4) is 0 Å². The number of ether oxygens (including phenoxy) is 5. The van der Waals surface area contributed by atoms with Crippen molar-refractivity contribution in [2.24, 2.45) is 11.3 Å². The van der Waals surface area contributed by atoms with Gasteiger partial charge in [-0.25, -0.2) is 0 Å². The Morgan fingerprint density at radius 1 is 0.714 bits per heavy atom. The van der Waals surface area contributed by atoms with Gasteiger partial charge in [0.1, 0.15) is 18.7 Å². The number of anilines is 1. The Morgan fingerprint density at radius 2 is 1.27 bits per heavy atom. The van der Waals surface area contributed by atoms with Crippen molar-refractivity contribution in [1.29, 1.82) is 0 Å². The second-order valence-electron chi connectivity index (χ2n) is 14.0. The zero-order valence-corrected chi connectivity index (χ0v) is 33.4. The summed E-state index contributed by atoms with van der Waals surface area (Å²) in [7, 11) is 0. The van der Waals surface area contributed by atoms with Gasteiger partial charge < -0.3 is 45.0 Å². The van der Waals surface area contributed by atoms with Crippen LogP contribution in [0.15, 0.2) is 36.4 Å². The summed E-state index contributed by atoms with van der Waals surface area (Å²) in [4.78, 5) is 86.4. The van der Waals surface area contributed by atoms with E-state index >= 15 is 0 Å². The van der Waals surface area contributed by atoms with Crippen LogP contribution in [0.3, 0.4) is 0 Å². The summed E-state index contributed by atoms with van der Waals surface area (Å²) in [6.07, 6.45) is 3.06. The third kappa shape index (κ3) is 18.3. The summed E-state index contributed by atoms with van der Waals surface area (Å²) in [6.45, 7) is 13.5. The molecule has 0 bridgehead atoms. The summed E-state index contributed by atoms with van der Waals surface area (Å²) in [6, 6.07) is 5.12. The number of carbonyl (C=O) groups excluding carboxylic acids is 7. The first-order valence-corrected chi connectivity index (χ1v) is 18.9. The number of nitrogens with zero attached hydrogens (tertiary/aromatic N) is 1. The first-order valence-electron chi connectivity index (χ1n) is 18.9. The van der Waals surface area contributed by atoms with Crippen LogP contribution in [0, 0.1) is 11.3 Å². The second-order valence-corrected chi connectivity index (χ2v) is 14.0. The Labute approximate surface area is 328 Å². The molecule has 2 rings (SSSR count). The number of nitrogens with one attached hydrogen (secondary N) is 4. The predicted octanol–water partition coefficient (Wildman–Crippen LogP) is 1.64. The maximum atomic E-state index is 13.0. The molecule has 1 aliphatic heterocycles. The van der Waals surface area contributed by atoms with Gasteiger partial charge in [0.2, 0.25) is 23.6 Å². The fourth-order valence-corrected chi connectivity index (χ4v) is 4.72. The van der Waals surface area contributed by atoms with Crippen LogP contribution in [0.1, 0.15) is 66.4 Å². The lowest BCUT2D eigenvalue weighted by molar-refractivity contribution is -0.155. The molecular weight excluding hydrogens is 730 g/mol. The summed E-state index contributed by atoms with van der Waals surface area (Å²) >= 11 is 0. The quantitative estimate of drug-likeness (QED) is 0.0542. The maximum absolute atomic E-state index is 13.0. The van der Waals surface area contributed by atoms with Crippen molar-refractivity contribution in [2.45, 2.75) is 79.5 Å². The highest BCUT2D eigenvalue weighted by Gasteiger charge is 2.28. The van der Waals surface area contributed by atoms with E-state index in [0.717, 1.165) is 10.5 Å². The largest absolute Gasteiger partial charge is 0.460 e. The third-order valence-electron chi connectivity index (χ3n) is 8.67. The van der Waals surface area contributed by atoms with E-state index < -0.39 is 41.1 Å². The molecule has 1 aromatic carbocycles. The van der Waals surface area contributed by atoms with Crippen LogP contribution < -0.4 is 21.3 Å². The van der Waals surface area contributed by atoms with Gasteiger partial charge in [0.15, 0.2) is 0 Å². The van der Waals surface area contributed by atoms with Crippen molar-refractivity contribution >= 4 is 47.1 Å². The van der Waals surface area contributed by atoms with Gasteiger partial charge in [-0.2, -0.15) is 0 Å². The third-order valence-corrected chi connectivity index (χ3v) is 8.67. The maximum Gasteiger partial charge on any atom is 0.311 e. The van der Waals surface area contributed by atoms with Gasteiger partial charge in [0, 0.05) is 43.8 Å². The molecule has 0 saturated heterocycles. The van der Waals surface area contributed by atoms with Crippen LogP contribution in [0.4, 0.5) is 5.69 Å². The number of hydrogen-bond donors (Lipinski definition) is 4. The molecule has 0 aromatic heterocycles. The zero-order valence-electron chi connectivity index (χ0n) is 33.4. The number of esters is 1. The Kier molecular flexibility index (Phi) is 21.6. The Morgan fingerprint density at radius 3 is 1.82 bits per heavy atom. The number of benzene rings is 1. The molecule has 1 heterocycles. The van der Waals surface area contributed by atoms with Crippen molar-refractivity contribution in [3.63, 3.8) is 0 Å². The van der Waals surface area contributed by atoms with Gasteiger partial charge in [-0.1, -0.05) is 32.9 Å². The standard InChI is InChI=1S/C39H59N5O12/c1-7-39(5,6)38(51)56-26-29-8-10-30(11-9-29)42-36(49)28(4)41-37(50)35(27(2)3)43-32(46)15-18-52-20-22-54-24-25-55-23-21-53-19-16-40-31(45)14-17-44-33(47)12-13-34(44)48/h8-13,27-28,35H,7,14-26H2,1-6H3,(H,40,45)(H,41,50)(H,42,49)(H,43,46)/t28-,35-/m0/s1. The van der Waals surface area contributed by atoms with Crippen LogP contribution in [-0.4, -0.2) is 124 Å². The van der Waals surface area contributed by atoms with Gasteiger partial charge >= 0.3 is 5.97 Å². The molecule has 0 unspecified atom stereocenters. The molecule has 0 spiro atoms. The lowest BCUT2D eigenvalue weighted by Crippen LogP contribution is -2.53. The summed E-state index contributed by atoms with van der Waals surface area (Å²) < 4.78 is 27.1. The number of carbonyl (C=O) groups is 7. The van der Waals surface area contributed by atoms with Crippen LogP contribution in [0.25, 0.3) is 0 Å². The lowest BCUT2D eigenvalue weighted by atomic mass is 9.91. The van der Waals surface area contributed by atoms with Crippen molar-refractivity contribution < 1.29 is 57.2 Å². The predicted molar refractivity (Wildman–Crippen MR) is 205 cm³/mol. The molecule has 17 heteroatoms. The van der Waals surface area contributed by atoms with Crippen LogP contribution in [0.5, 0.6) is 0 Å². The van der Waals surface area contributed by atoms with E-state index in [1.54, 1.807) is 45.0 Å². The number of amides is 6. The van der Waals surface area contributed by atoms with Crippen LogP contribution in [0.2, 0.25) is 0 Å². The number of hydrogen-bond acceptors (Lipinski definition) is 12. The Hall–Kier alpha value is -4.71. The van der Waals surface area contributed by atoms with E-state index in [1.165, 1.54) is 12.2 Å². The fraction of sp³-hybridized carbons (Fsp3) is 0.615. The Bertz CT molecular complexity index is 1460. The minimum absolute atomic E-state index is 0.0204. The van der Waals surface area contributed by atoms with Crippen molar-refractivity contribution in [2.75, 3.05) is 71.3 Å². The SMILES string of the molecule is CCC(C)(C)C(=O)OCc1ccc(NC(=O)[C@H](C)NC(=O)[C@@H](NC(=O)CCOCCOCCOCCOCCNC(=O)CCN2C(=O)C=CC2=O)C(C)C)cc1. The minimum atomic E-state index is -0.884. The van der Waals surface area contributed by atoms with Gasteiger partial charge in [0.25, 0.3) is 11.8 Å². The van der Waals surface area contributed by atoms with Crippen LogP contribution >= 0.6 is 0 Å². The Balaban J connectivity index is 1.50. The highest BCUT2D eigenvalue weighted by atomic mass is 16.6. The smallest absolute Gasteiger partial charge is 0.311 e. The van der Waals surface area contributed by atoms with Gasteiger partial charge in [0.05, 0.1) is 58.3 Å². The summed E-state index contributed by atoms with van der Waals surface area (Å²) in [5, 5.41) is 10.8. The lowest BCUT2D eigenvalue weighted by Gasteiger charge is -2.24. The molecule has 1 aliphatic rings. The van der Waals surface area contributed by atoms with Crippen LogP contribution in [-0.2, 0) is 63.9 Å². The summed E-state index contributed by atoms with van der Waals surface area (Å²) in [5.74, 6) is -2.94. The molecular formula is C39H59N5O12. The molecule has 0 saturated carbocycles. The van der Waals surface area contributed by atoms with Crippen molar-refractivity contribution in [1.82, 2.24) is 20.9 Å². The second kappa shape index (κ2) is 25.4. The van der Waals surface area contributed by atoms with E-state index in [1.807, 2.05) is 20.8 Å². The molecule has 0 fully saturated rings.